The van der Waals surface area contributed by atoms with Crippen LogP contribution in [0.5, 0.6) is 0 Å². The first-order valence-electron chi connectivity index (χ1n) is 4.92. The van der Waals surface area contributed by atoms with E-state index < -0.39 is 17.2 Å². The summed E-state index contributed by atoms with van der Waals surface area (Å²) in [5, 5.41) is -0.340. The molecule has 2 N–H and O–H groups in total. The normalized spacial score (nSPS) is 13.6. The molecule has 96 valence electrons. The number of aromatic nitrogens is 1. The molecule has 1 atom stereocenters. The lowest BCUT2D eigenvalue weighted by atomic mass is 10.1. The van der Waals surface area contributed by atoms with Crippen molar-refractivity contribution in [3.63, 3.8) is 0 Å². The maximum absolute atomic E-state index is 12.4. The fourth-order valence-electron chi connectivity index (χ4n) is 1.40. The molecule has 0 bridgehead atoms. The molecule has 2 rings (SSSR count). The Morgan fingerprint density at radius 3 is 2.33 bits per heavy atom. The topological polar surface area (TPSA) is 38.9 Å². The monoisotopic (exact) mass is 292 g/mol. The molecule has 18 heavy (non-hydrogen) atoms. The molecule has 2 aromatic rings. The molecule has 0 aliphatic heterocycles. The molecule has 1 aromatic heterocycles. The molecule has 0 amide bonds. The van der Waals surface area contributed by atoms with Crippen LogP contribution in [0.4, 0.5) is 13.2 Å². The molecule has 0 spiro atoms. The number of halogens is 4. The molecule has 0 aliphatic rings. The van der Waals surface area contributed by atoms with E-state index in [-0.39, 0.29) is 0 Å². The van der Waals surface area contributed by atoms with Gasteiger partial charge in [-0.2, -0.15) is 13.2 Å². The maximum Gasteiger partial charge on any atom is 0.443 e. The molecular weight excluding hydrogens is 285 g/mol. The fraction of sp³-hybridized carbons (Fsp3) is 0.182. The van der Waals surface area contributed by atoms with E-state index in [9.17, 15) is 13.2 Å². The van der Waals surface area contributed by atoms with Crippen molar-refractivity contribution < 1.29 is 13.2 Å². The number of rotatable bonds is 2. The maximum atomic E-state index is 12.4. The van der Waals surface area contributed by atoms with Gasteiger partial charge in [-0.25, -0.2) is 4.98 Å². The predicted octanol–water partition coefficient (Wildman–Crippen LogP) is 3.86. The van der Waals surface area contributed by atoms with Crippen LogP contribution in [0, 0.1) is 0 Å². The minimum atomic E-state index is -4.43. The van der Waals surface area contributed by atoms with Crippen molar-refractivity contribution in [1.29, 1.82) is 0 Å². The van der Waals surface area contributed by atoms with Crippen molar-refractivity contribution >= 4 is 22.9 Å². The van der Waals surface area contributed by atoms with Gasteiger partial charge in [-0.1, -0.05) is 23.7 Å². The van der Waals surface area contributed by atoms with Gasteiger partial charge in [0.05, 0.1) is 6.04 Å². The summed E-state index contributed by atoms with van der Waals surface area (Å²) < 4.78 is 37.2. The Labute approximate surface area is 110 Å². The predicted molar refractivity (Wildman–Crippen MR) is 64.6 cm³/mol. The molecule has 0 saturated carbocycles. The molecule has 0 saturated heterocycles. The standard InChI is InChI=1S/C11H8ClF3N2S/c12-7-3-1-6(2-4-7)9(16)8-5-17-10(18-8)11(13,14)15/h1-5,9H,16H2. The first-order valence-corrected chi connectivity index (χ1v) is 6.11. The van der Waals surface area contributed by atoms with Crippen LogP contribution in [0.1, 0.15) is 21.5 Å². The third kappa shape index (κ3) is 2.82. The van der Waals surface area contributed by atoms with Gasteiger partial charge in [-0.15, -0.1) is 11.3 Å². The lowest BCUT2D eigenvalue weighted by molar-refractivity contribution is -0.137. The van der Waals surface area contributed by atoms with Crippen molar-refractivity contribution in [3.05, 3.63) is 50.9 Å². The molecular formula is C11H8ClF3N2S. The van der Waals surface area contributed by atoms with Gasteiger partial charge in [0.15, 0.2) is 5.01 Å². The average Bonchev–Trinajstić information content (AvgIpc) is 2.78. The van der Waals surface area contributed by atoms with Crippen LogP contribution < -0.4 is 5.73 Å². The first-order chi connectivity index (χ1) is 8.38. The highest BCUT2D eigenvalue weighted by Crippen LogP contribution is 2.35. The third-order valence-corrected chi connectivity index (χ3v) is 3.68. The molecule has 0 radical (unpaired) electrons. The second-order valence-corrected chi connectivity index (χ2v) is 5.09. The molecule has 0 aliphatic carbocycles. The summed E-state index contributed by atoms with van der Waals surface area (Å²) >= 11 is 6.28. The summed E-state index contributed by atoms with van der Waals surface area (Å²) in [7, 11) is 0. The summed E-state index contributed by atoms with van der Waals surface area (Å²) in [6.07, 6.45) is -3.27. The van der Waals surface area contributed by atoms with Crippen LogP contribution in [-0.2, 0) is 6.18 Å². The van der Waals surface area contributed by atoms with Crippen molar-refractivity contribution in [2.24, 2.45) is 5.73 Å². The number of benzene rings is 1. The van der Waals surface area contributed by atoms with E-state index in [4.69, 9.17) is 17.3 Å². The van der Waals surface area contributed by atoms with E-state index in [0.717, 1.165) is 6.20 Å². The van der Waals surface area contributed by atoms with Gasteiger partial charge in [0, 0.05) is 16.1 Å². The molecule has 1 heterocycles. The van der Waals surface area contributed by atoms with Crippen LogP contribution in [0.15, 0.2) is 30.5 Å². The van der Waals surface area contributed by atoms with E-state index in [0.29, 0.717) is 26.8 Å². The summed E-state index contributed by atoms with van der Waals surface area (Å²) in [6.45, 7) is 0. The Morgan fingerprint density at radius 2 is 1.83 bits per heavy atom. The minimum absolute atomic E-state index is 0.365. The lowest BCUT2D eigenvalue weighted by Crippen LogP contribution is -2.09. The Hall–Kier alpha value is -1.11. The summed E-state index contributed by atoms with van der Waals surface area (Å²) in [5.41, 5.74) is 6.57. The van der Waals surface area contributed by atoms with Crippen LogP contribution in [0.2, 0.25) is 5.02 Å². The summed E-state index contributed by atoms with van der Waals surface area (Å²) in [5.74, 6) is 0. The smallest absolute Gasteiger partial charge is 0.320 e. The number of hydrogen-bond acceptors (Lipinski definition) is 3. The van der Waals surface area contributed by atoms with Gasteiger partial charge in [0.1, 0.15) is 0 Å². The van der Waals surface area contributed by atoms with Crippen molar-refractivity contribution in [3.8, 4) is 0 Å². The summed E-state index contributed by atoms with van der Waals surface area (Å²) in [4.78, 5) is 3.70. The second kappa shape index (κ2) is 4.87. The van der Waals surface area contributed by atoms with Crippen molar-refractivity contribution in [2.75, 3.05) is 0 Å². The Morgan fingerprint density at radius 1 is 1.22 bits per heavy atom. The average molecular weight is 293 g/mol. The summed E-state index contributed by atoms with van der Waals surface area (Å²) in [6, 6.07) is 6.01. The first kappa shape index (κ1) is 13.3. The zero-order valence-corrected chi connectivity index (χ0v) is 10.5. The van der Waals surface area contributed by atoms with Gasteiger partial charge >= 0.3 is 6.18 Å². The highest BCUT2D eigenvalue weighted by Gasteiger charge is 2.35. The third-order valence-electron chi connectivity index (χ3n) is 2.30. The number of alkyl halides is 3. The van der Waals surface area contributed by atoms with Crippen molar-refractivity contribution in [2.45, 2.75) is 12.2 Å². The molecule has 7 heteroatoms. The van der Waals surface area contributed by atoms with Gasteiger partial charge < -0.3 is 5.73 Å². The second-order valence-electron chi connectivity index (χ2n) is 3.59. The van der Waals surface area contributed by atoms with E-state index >= 15 is 0 Å². The minimum Gasteiger partial charge on any atom is -0.320 e. The number of nitrogens with two attached hydrogens (primary N) is 1. The zero-order chi connectivity index (χ0) is 13.3. The molecule has 2 nitrogen and oxygen atoms in total. The number of hydrogen-bond donors (Lipinski definition) is 1. The van der Waals surface area contributed by atoms with Gasteiger partial charge in [0.25, 0.3) is 0 Å². The van der Waals surface area contributed by atoms with Crippen LogP contribution >= 0.6 is 22.9 Å². The van der Waals surface area contributed by atoms with Crippen LogP contribution in [0.3, 0.4) is 0 Å². The van der Waals surface area contributed by atoms with Gasteiger partial charge in [0.2, 0.25) is 0 Å². The zero-order valence-electron chi connectivity index (χ0n) is 8.91. The number of thiazole rings is 1. The van der Waals surface area contributed by atoms with Crippen molar-refractivity contribution in [1.82, 2.24) is 4.98 Å². The van der Waals surface area contributed by atoms with E-state index in [1.54, 1.807) is 24.3 Å². The molecule has 0 fully saturated rings. The molecule has 1 unspecified atom stereocenters. The SMILES string of the molecule is NC(c1ccc(Cl)cc1)c1cnc(C(F)(F)F)s1. The largest absolute Gasteiger partial charge is 0.443 e. The van der Waals surface area contributed by atoms with Crippen LogP contribution in [0.25, 0.3) is 0 Å². The number of nitrogens with zero attached hydrogens (tertiary/aromatic N) is 1. The van der Waals surface area contributed by atoms with Crippen LogP contribution in [-0.4, -0.2) is 4.98 Å². The van der Waals surface area contributed by atoms with Gasteiger partial charge in [-0.05, 0) is 17.7 Å². The Bertz CT molecular complexity index is 536. The van der Waals surface area contributed by atoms with E-state index in [1.165, 1.54) is 0 Å². The fourth-order valence-corrected chi connectivity index (χ4v) is 2.33. The Balaban J connectivity index is 2.26. The highest BCUT2D eigenvalue weighted by molar-refractivity contribution is 7.11. The lowest BCUT2D eigenvalue weighted by Gasteiger charge is -2.09. The van der Waals surface area contributed by atoms with E-state index in [1.807, 2.05) is 0 Å². The van der Waals surface area contributed by atoms with Gasteiger partial charge in [-0.3, -0.25) is 0 Å². The highest BCUT2D eigenvalue weighted by atomic mass is 35.5. The molecule has 1 aromatic carbocycles. The van der Waals surface area contributed by atoms with E-state index in [2.05, 4.69) is 4.98 Å². The Kier molecular flexibility index (Phi) is 3.61. The quantitative estimate of drug-likeness (QED) is 0.913.